The Bertz CT molecular complexity index is 710. The van der Waals surface area contributed by atoms with Gasteiger partial charge in [-0.3, -0.25) is 14.4 Å². The molecule has 1 saturated heterocycles. The van der Waals surface area contributed by atoms with E-state index in [1.165, 1.54) is 0 Å². The van der Waals surface area contributed by atoms with Crippen molar-refractivity contribution in [3.63, 3.8) is 0 Å². The second-order valence-corrected chi connectivity index (χ2v) is 8.02. The summed E-state index contributed by atoms with van der Waals surface area (Å²) in [6.07, 6.45) is 4.65. The van der Waals surface area contributed by atoms with Crippen molar-refractivity contribution < 1.29 is 14.4 Å². The van der Waals surface area contributed by atoms with E-state index in [-0.39, 0.29) is 30.1 Å². The topological polar surface area (TPSA) is 78.5 Å². The Kier molecular flexibility index (Phi) is 6.14. The molecule has 1 aliphatic carbocycles. The highest BCUT2D eigenvalue weighted by atomic mass is 16.2. The standard InChI is InChI=1S/C21H29N3O3/c1-14(2)12-22-21(27)17-9-5-6-10-18(17)23-20(26)15-11-19(25)24(13-15)16-7-3-4-8-16/h5-6,9-10,14-16H,3-4,7-8,11-13H2,1-2H3,(H,22,27)(H,23,26). The van der Waals surface area contributed by atoms with Gasteiger partial charge < -0.3 is 15.5 Å². The Morgan fingerprint density at radius 1 is 1.19 bits per heavy atom. The summed E-state index contributed by atoms with van der Waals surface area (Å²) in [5, 5.41) is 5.75. The first-order chi connectivity index (χ1) is 13.0. The van der Waals surface area contributed by atoms with Gasteiger partial charge in [0.25, 0.3) is 5.91 Å². The summed E-state index contributed by atoms with van der Waals surface area (Å²) in [4.78, 5) is 39.4. The lowest BCUT2D eigenvalue weighted by Gasteiger charge is -2.24. The quantitative estimate of drug-likeness (QED) is 0.807. The SMILES string of the molecule is CC(C)CNC(=O)c1ccccc1NC(=O)C1CC(=O)N(C2CCCC2)C1. The van der Waals surface area contributed by atoms with Crippen LogP contribution in [-0.2, 0) is 9.59 Å². The van der Waals surface area contributed by atoms with Crippen LogP contribution in [0.25, 0.3) is 0 Å². The van der Waals surface area contributed by atoms with Gasteiger partial charge in [0.2, 0.25) is 11.8 Å². The van der Waals surface area contributed by atoms with Gasteiger partial charge in [0.05, 0.1) is 17.2 Å². The summed E-state index contributed by atoms with van der Waals surface area (Å²) >= 11 is 0. The molecule has 1 unspecified atom stereocenters. The van der Waals surface area contributed by atoms with Gasteiger partial charge in [-0.2, -0.15) is 0 Å². The fraction of sp³-hybridized carbons (Fsp3) is 0.571. The van der Waals surface area contributed by atoms with E-state index in [1.54, 1.807) is 24.3 Å². The smallest absolute Gasteiger partial charge is 0.253 e. The maximum absolute atomic E-state index is 12.7. The molecule has 0 radical (unpaired) electrons. The summed E-state index contributed by atoms with van der Waals surface area (Å²) in [7, 11) is 0. The minimum Gasteiger partial charge on any atom is -0.352 e. The first kappa shape index (κ1) is 19.4. The number of nitrogens with one attached hydrogen (secondary N) is 2. The molecule has 1 heterocycles. The predicted octanol–water partition coefficient (Wildman–Crippen LogP) is 2.80. The van der Waals surface area contributed by atoms with Crippen LogP contribution in [0.15, 0.2) is 24.3 Å². The Morgan fingerprint density at radius 2 is 1.89 bits per heavy atom. The fourth-order valence-corrected chi connectivity index (χ4v) is 3.89. The molecule has 1 aliphatic heterocycles. The van der Waals surface area contributed by atoms with Gasteiger partial charge in [-0.1, -0.05) is 38.8 Å². The Hall–Kier alpha value is -2.37. The Morgan fingerprint density at radius 3 is 2.59 bits per heavy atom. The largest absolute Gasteiger partial charge is 0.352 e. The Balaban J connectivity index is 1.64. The zero-order valence-corrected chi connectivity index (χ0v) is 16.2. The first-order valence-corrected chi connectivity index (χ1v) is 9.93. The number of amides is 3. The minimum atomic E-state index is -0.357. The number of anilines is 1. The number of hydrogen-bond donors (Lipinski definition) is 2. The van der Waals surface area contributed by atoms with E-state index in [1.807, 2.05) is 18.7 Å². The molecule has 3 rings (SSSR count). The fourth-order valence-electron chi connectivity index (χ4n) is 3.89. The van der Waals surface area contributed by atoms with Crippen molar-refractivity contribution in [1.29, 1.82) is 0 Å². The minimum absolute atomic E-state index is 0.0741. The third-order valence-corrected chi connectivity index (χ3v) is 5.40. The van der Waals surface area contributed by atoms with Crippen molar-refractivity contribution in [3.8, 4) is 0 Å². The second kappa shape index (κ2) is 8.55. The Labute approximate surface area is 160 Å². The predicted molar refractivity (Wildman–Crippen MR) is 104 cm³/mol. The molecule has 146 valence electrons. The number of hydrogen-bond acceptors (Lipinski definition) is 3. The highest BCUT2D eigenvalue weighted by Gasteiger charge is 2.38. The summed E-state index contributed by atoms with van der Waals surface area (Å²) < 4.78 is 0. The molecule has 6 heteroatoms. The van der Waals surface area contributed by atoms with Crippen LogP contribution in [0.3, 0.4) is 0 Å². The van der Waals surface area contributed by atoms with Gasteiger partial charge in [-0.25, -0.2) is 0 Å². The number of benzene rings is 1. The molecule has 0 bridgehead atoms. The summed E-state index contributed by atoms with van der Waals surface area (Å²) in [6.45, 7) is 5.12. The summed E-state index contributed by atoms with van der Waals surface area (Å²) in [6, 6.07) is 7.30. The van der Waals surface area contributed by atoms with Crippen LogP contribution in [0.5, 0.6) is 0 Å². The highest BCUT2D eigenvalue weighted by Crippen LogP contribution is 2.30. The molecular formula is C21H29N3O3. The summed E-state index contributed by atoms with van der Waals surface area (Å²) in [5.41, 5.74) is 0.944. The lowest BCUT2D eigenvalue weighted by atomic mass is 10.1. The van der Waals surface area contributed by atoms with Crippen molar-refractivity contribution in [1.82, 2.24) is 10.2 Å². The van der Waals surface area contributed by atoms with Crippen LogP contribution in [0, 0.1) is 11.8 Å². The van der Waals surface area contributed by atoms with Gasteiger partial charge in [-0.05, 0) is 30.9 Å². The molecule has 1 aromatic rings. The maximum Gasteiger partial charge on any atom is 0.253 e. The zero-order valence-electron chi connectivity index (χ0n) is 16.2. The third kappa shape index (κ3) is 4.67. The normalized spacial score (nSPS) is 20.3. The molecule has 1 aromatic carbocycles. The second-order valence-electron chi connectivity index (χ2n) is 8.02. The number of nitrogens with zero attached hydrogens (tertiary/aromatic N) is 1. The maximum atomic E-state index is 12.7. The van der Waals surface area contributed by atoms with Crippen LogP contribution in [0.1, 0.15) is 56.3 Å². The van der Waals surface area contributed by atoms with E-state index in [4.69, 9.17) is 0 Å². The van der Waals surface area contributed by atoms with Crippen LogP contribution in [0.2, 0.25) is 0 Å². The third-order valence-electron chi connectivity index (χ3n) is 5.40. The molecule has 6 nitrogen and oxygen atoms in total. The van der Waals surface area contributed by atoms with E-state index in [0.29, 0.717) is 36.3 Å². The van der Waals surface area contributed by atoms with Gasteiger partial charge in [0.1, 0.15) is 0 Å². The van der Waals surface area contributed by atoms with Crippen molar-refractivity contribution in [3.05, 3.63) is 29.8 Å². The number of para-hydroxylation sites is 1. The van der Waals surface area contributed by atoms with E-state index in [2.05, 4.69) is 10.6 Å². The number of rotatable bonds is 6. The number of carbonyl (C=O) groups excluding carboxylic acids is 3. The van der Waals surface area contributed by atoms with E-state index >= 15 is 0 Å². The van der Waals surface area contributed by atoms with Gasteiger partial charge >= 0.3 is 0 Å². The van der Waals surface area contributed by atoms with E-state index in [0.717, 1.165) is 25.7 Å². The zero-order chi connectivity index (χ0) is 19.4. The van der Waals surface area contributed by atoms with Crippen molar-refractivity contribution in [2.24, 2.45) is 11.8 Å². The molecule has 1 saturated carbocycles. The monoisotopic (exact) mass is 371 g/mol. The lowest BCUT2D eigenvalue weighted by Crippen LogP contribution is -2.35. The molecule has 0 spiro atoms. The van der Waals surface area contributed by atoms with Crippen LogP contribution in [0.4, 0.5) is 5.69 Å². The molecule has 27 heavy (non-hydrogen) atoms. The van der Waals surface area contributed by atoms with Gasteiger partial charge in [0.15, 0.2) is 0 Å². The lowest BCUT2D eigenvalue weighted by molar-refractivity contribution is -0.129. The van der Waals surface area contributed by atoms with Crippen LogP contribution >= 0.6 is 0 Å². The molecule has 0 aromatic heterocycles. The first-order valence-electron chi connectivity index (χ1n) is 9.93. The number of carbonyl (C=O) groups is 3. The molecule has 2 fully saturated rings. The van der Waals surface area contributed by atoms with Gasteiger partial charge in [-0.15, -0.1) is 0 Å². The van der Waals surface area contributed by atoms with Crippen molar-refractivity contribution >= 4 is 23.4 Å². The molecule has 3 amide bonds. The van der Waals surface area contributed by atoms with E-state index < -0.39 is 0 Å². The van der Waals surface area contributed by atoms with Crippen molar-refractivity contribution in [2.45, 2.75) is 52.0 Å². The molecular weight excluding hydrogens is 342 g/mol. The number of likely N-dealkylation sites (tertiary alicyclic amines) is 1. The molecule has 1 atom stereocenters. The van der Waals surface area contributed by atoms with Crippen LogP contribution in [-0.4, -0.2) is 41.8 Å². The van der Waals surface area contributed by atoms with E-state index in [9.17, 15) is 14.4 Å². The summed E-state index contributed by atoms with van der Waals surface area (Å²) in [5.74, 6) is -0.320. The molecule has 2 aliphatic rings. The average molecular weight is 371 g/mol. The van der Waals surface area contributed by atoms with Crippen LogP contribution < -0.4 is 10.6 Å². The van der Waals surface area contributed by atoms with Crippen molar-refractivity contribution in [2.75, 3.05) is 18.4 Å². The van der Waals surface area contributed by atoms with Gasteiger partial charge in [0, 0.05) is 25.6 Å². The molecule has 2 N–H and O–H groups in total. The highest BCUT2D eigenvalue weighted by molar-refractivity contribution is 6.05. The average Bonchev–Trinajstić information content (AvgIpc) is 3.29.